The van der Waals surface area contributed by atoms with Gasteiger partial charge in [-0.15, -0.1) is 0 Å². The van der Waals surface area contributed by atoms with Crippen LogP contribution in [0.25, 0.3) is 0 Å². The number of hydrazone groups is 1. The smallest absolute Gasteiger partial charge is 0.339 e. The van der Waals surface area contributed by atoms with Gasteiger partial charge in [-0.05, 0) is 61.0 Å². The van der Waals surface area contributed by atoms with Crippen molar-refractivity contribution in [3.63, 3.8) is 0 Å². The highest BCUT2D eigenvalue weighted by Gasteiger charge is 2.16. The van der Waals surface area contributed by atoms with Crippen LogP contribution < -0.4 is 9.61 Å². The van der Waals surface area contributed by atoms with Gasteiger partial charge in [-0.2, -0.15) is 13.5 Å². The number of benzene rings is 3. The second kappa shape index (κ2) is 8.57. The maximum absolute atomic E-state index is 12.4. The average Bonchev–Trinajstić information content (AvgIpc) is 2.69. The molecule has 0 saturated heterocycles. The molecule has 7 nitrogen and oxygen atoms in total. The lowest BCUT2D eigenvalue weighted by atomic mass is 10.2. The molecule has 3 aromatic rings. The fourth-order valence-electron chi connectivity index (χ4n) is 2.40. The van der Waals surface area contributed by atoms with Crippen LogP contribution in [0.15, 0.2) is 82.8 Å². The molecule has 0 saturated carbocycles. The molecule has 0 aromatic heterocycles. The van der Waals surface area contributed by atoms with Gasteiger partial charge in [0.15, 0.2) is 0 Å². The first-order chi connectivity index (χ1) is 13.8. The van der Waals surface area contributed by atoms with Crippen LogP contribution in [0.2, 0.25) is 0 Å². The van der Waals surface area contributed by atoms with Crippen molar-refractivity contribution in [2.24, 2.45) is 5.10 Å². The van der Waals surface area contributed by atoms with Crippen LogP contribution in [-0.2, 0) is 10.1 Å². The summed E-state index contributed by atoms with van der Waals surface area (Å²) in [7, 11) is -3.93. The molecule has 0 aliphatic carbocycles. The Labute approximate surface area is 168 Å². The first kappa shape index (κ1) is 20.1. The van der Waals surface area contributed by atoms with Gasteiger partial charge in [0.25, 0.3) is 0 Å². The van der Waals surface area contributed by atoms with E-state index in [1.54, 1.807) is 48.5 Å². The number of aryl methyl sites for hydroxylation is 1. The first-order valence-electron chi connectivity index (χ1n) is 8.57. The molecule has 3 rings (SSSR count). The number of nitrogens with one attached hydrogen (secondary N) is 1. The van der Waals surface area contributed by atoms with E-state index in [4.69, 9.17) is 9.29 Å². The number of hydrogen-bond donors (Lipinski definition) is 2. The average molecular weight is 410 g/mol. The van der Waals surface area contributed by atoms with E-state index in [1.165, 1.54) is 30.5 Å². The minimum atomic E-state index is -3.93. The third-order valence-electron chi connectivity index (χ3n) is 3.91. The van der Waals surface area contributed by atoms with Crippen molar-refractivity contribution in [1.29, 1.82) is 0 Å². The zero-order chi connectivity index (χ0) is 20.9. The molecular weight excluding hydrogens is 392 g/mol. The Bertz CT molecular complexity index is 1140. The summed E-state index contributed by atoms with van der Waals surface area (Å²) in [6.45, 7) is 1.87. The summed E-state index contributed by atoms with van der Waals surface area (Å²) in [6, 6.07) is 19.0. The highest BCUT2D eigenvalue weighted by Crippen LogP contribution is 2.20. The molecule has 0 atom stereocenters. The second-order valence-corrected chi connectivity index (χ2v) is 7.72. The molecule has 2 N–H and O–H groups in total. The van der Waals surface area contributed by atoms with Gasteiger partial charge in [-0.3, -0.25) is 5.43 Å². The van der Waals surface area contributed by atoms with Crippen LogP contribution in [0, 0.1) is 6.92 Å². The minimum absolute atomic E-state index is 0.0774. The van der Waals surface area contributed by atoms with Crippen molar-refractivity contribution in [3.8, 4) is 5.75 Å². The lowest BCUT2D eigenvalue weighted by molar-refractivity contribution is 0.0697. The Balaban J connectivity index is 1.68. The normalized spacial score (nSPS) is 11.3. The Kier molecular flexibility index (Phi) is 5.94. The number of anilines is 1. The summed E-state index contributed by atoms with van der Waals surface area (Å²) >= 11 is 0. The van der Waals surface area contributed by atoms with Crippen molar-refractivity contribution < 1.29 is 22.5 Å². The van der Waals surface area contributed by atoms with Gasteiger partial charge in [0.05, 0.1) is 17.5 Å². The molecule has 8 heteroatoms. The number of aromatic carboxylic acids is 1. The van der Waals surface area contributed by atoms with E-state index in [9.17, 15) is 13.2 Å². The largest absolute Gasteiger partial charge is 0.478 e. The van der Waals surface area contributed by atoms with E-state index >= 15 is 0 Å². The van der Waals surface area contributed by atoms with Crippen LogP contribution in [0.4, 0.5) is 5.69 Å². The molecule has 148 valence electrons. The summed E-state index contributed by atoms with van der Waals surface area (Å²) < 4.78 is 30.0. The zero-order valence-corrected chi connectivity index (χ0v) is 16.3. The van der Waals surface area contributed by atoms with Crippen molar-refractivity contribution in [1.82, 2.24) is 0 Å². The molecule has 0 aliphatic rings. The summed E-state index contributed by atoms with van der Waals surface area (Å²) in [6.07, 6.45) is 1.50. The molecule has 0 fully saturated rings. The van der Waals surface area contributed by atoms with E-state index in [0.717, 1.165) is 5.56 Å². The highest BCUT2D eigenvalue weighted by molar-refractivity contribution is 7.87. The predicted octanol–water partition coefficient (Wildman–Crippen LogP) is 3.91. The molecule has 0 radical (unpaired) electrons. The first-order valence-corrected chi connectivity index (χ1v) is 9.98. The summed E-state index contributed by atoms with van der Waals surface area (Å²) in [4.78, 5) is 10.9. The Morgan fingerprint density at radius 3 is 2.38 bits per heavy atom. The van der Waals surface area contributed by atoms with Crippen LogP contribution >= 0.6 is 0 Å². The molecule has 0 bridgehead atoms. The number of carboxylic acid groups (broad SMARTS) is 1. The van der Waals surface area contributed by atoms with E-state index < -0.39 is 16.1 Å². The fraction of sp³-hybridized carbons (Fsp3) is 0.0476. The van der Waals surface area contributed by atoms with Crippen molar-refractivity contribution in [3.05, 3.63) is 89.5 Å². The summed E-state index contributed by atoms with van der Waals surface area (Å²) in [5.41, 5.74) is 5.14. The molecular formula is C21H18N2O5S. The van der Waals surface area contributed by atoms with Crippen molar-refractivity contribution in [2.45, 2.75) is 11.8 Å². The number of carbonyl (C=O) groups is 1. The van der Waals surface area contributed by atoms with Crippen molar-refractivity contribution >= 4 is 28.0 Å². The number of carboxylic acids is 1. The molecule has 0 unspecified atom stereocenters. The van der Waals surface area contributed by atoms with Crippen LogP contribution in [0.1, 0.15) is 21.5 Å². The molecule has 3 aromatic carbocycles. The predicted molar refractivity (Wildman–Crippen MR) is 110 cm³/mol. The highest BCUT2D eigenvalue weighted by atomic mass is 32.2. The lowest BCUT2D eigenvalue weighted by Gasteiger charge is -2.08. The standard InChI is InChI=1S/C21H18N2O5S/c1-15-5-11-20(12-6-15)29(26,27)28-19-4-2-3-16(13-19)14-22-23-18-9-7-17(8-10-18)21(24)25/h2-14,23H,1H3,(H,24,25)/b22-14-. The summed E-state index contributed by atoms with van der Waals surface area (Å²) in [5, 5.41) is 13.0. The molecule has 0 amide bonds. The third-order valence-corrected chi connectivity index (χ3v) is 5.17. The number of hydrogen-bond acceptors (Lipinski definition) is 6. The van der Waals surface area contributed by atoms with Gasteiger partial charge >= 0.3 is 16.1 Å². The van der Waals surface area contributed by atoms with Gasteiger partial charge in [-0.1, -0.05) is 29.8 Å². The molecule has 29 heavy (non-hydrogen) atoms. The van der Waals surface area contributed by atoms with Crippen molar-refractivity contribution in [2.75, 3.05) is 5.43 Å². The van der Waals surface area contributed by atoms with Crippen LogP contribution in [0.5, 0.6) is 5.75 Å². The van der Waals surface area contributed by atoms with E-state index in [0.29, 0.717) is 11.3 Å². The Morgan fingerprint density at radius 2 is 1.72 bits per heavy atom. The number of nitrogens with zero attached hydrogens (tertiary/aromatic N) is 1. The number of rotatable bonds is 7. The Morgan fingerprint density at radius 1 is 1.03 bits per heavy atom. The minimum Gasteiger partial charge on any atom is -0.478 e. The third kappa shape index (κ3) is 5.43. The SMILES string of the molecule is Cc1ccc(S(=O)(=O)Oc2cccc(/C=N\Nc3ccc(C(=O)O)cc3)c2)cc1. The fourth-order valence-corrected chi connectivity index (χ4v) is 3.32. The van der Waals surface area contributed by atoms with E-state index in [2.05, 4.69) is 10.5 Å². The van der Waals surface area contributed by atoms with Crippen LogP contribution in [0.3, 0.4) is 0 Å². The van der Waals surface area contributed by atoms with Gasteiger partial charge in [0, 0.05) is 0 Å². The maximum Gasteiger partial charge on any atom is 0.339 e. The maximum atomic E-state index is 12.4. The zero-order valence-electron chi connectivity index (χ0n) is 15.4. The second-order valence-electron chi connectivity index (χ2n) is 6.18. The molecule has 0 spiro atoms. The van der Waals surface area contributed by atoms with Crippen LogP contribution in [-0.4, -0.2) is 25.7 Å². The molecule has 0 heterocycles. The monoisotopic (exact) mass is 410 g/mol. The van der Waals surface area contributed by atoms with Gasteiger partial charge in [-0.25, -0.2) is 4.79 Å². The van der Waals surface area contributed by atoms with Gasteiger partial charge in [0.1, 0.15) is 10.6 Å². The van der Waals surface area contributed by atoms with Gasteiger partial charge < -0.3 is 9.29 Å². The Hall–Kier alpha value is -3.65. The lowest BCUT2D eigenvalue weighted by Crippen LogP contribution is -2.09. The molecule has 0 aliphatic heterocycles. The topological polar surface area (TPSA) is 105 Å². The van der Waals surface area contributed by atoms with Gasteiger partial charge in [0.2, 0.25) is 0 Å². The van der Waals surface area contributed by atoms with E-state index in [-0.39, 0.29) is 16.2 Å². The van der Waals surface area contributed by atoms with E-state index in [1.807, 2.05) is 6.92 Å². The quantitative estimate of drug-likeness (QED) is 0.348. The summed E-state index contributed by atoms with van der Waals surface area (Å²) in [5.74, 6) is -0.835.